The molecule has 0 atom stereocenters. The van der Waals surface area contributed by atoms with Crippen LogP contribution < -0.4 is 5.32 Å². The Bertz CT molecular complexity index is 329. The Morgan fingerprint density at radius 3 is 2.45 bits per heavy atom. The summed E-state index contributed by atoms with van der Waals surface area (Å²) in [5, 5.41) is 2.66. The predicted molar refractivity (Wildman–Crippen MR) is 78.1 cm³/mol. The van der Waals surface area contributed by atoms with E-state index in [0.717, 1.165) is 25.9 Å². The summed E-state index contributed by atoms with van der Waals surface area (Å²) in [7, 11) is 0. The number of hydrogen-bond acceptors (Lipinski definition) is 3. The third kappa shape index (κ3) is 6.78. The Hall–Kier alpha value is -1.26. The molecule has 1 radical (unpaired) electrons. The van der Waals surface area contributed by atoms with Crippen LogP contribution in [-0.4, -0.2) is 42.1 Å². The maximum absolute atomic E-state index is 11.9. The van der Waals surface area contributed by atoms with Crippen LogP contribution in [0.25, 0.3) is 0 Å². The molecule has 0 saturated carbocycles. The van der Waals surface area contributed by atoms with E-state index in [1.165, 1.54) is 0 Å². The molecule has 1 rings (SSSR count). The summed E-state index contributed by atoms with van der Waals surface area (Å²) in [6.45, 7) is 11.6. The summed E-state index contributed by atoms with van der Waals surface area (Å²) in [5.41, 5.74) is -0.488. The summed E-state index contributed by atoms with van der Waals surface area (Å²) < 4.78 is 5.12. The lowest BCUT2D eigenvalue weighted by Gasteiger charge is -2.30. The lowest BCUT2D eigenvalue weighted by Crippen LogP contribution is -2.38. The van der Waals surface area contributed by atoms with Crippen LogP contribution in [0.1, 0.15) is 46.5 Å². The van der Waals surface area contributed by atoms with Crippen LogP contribution in [0.2, 0.25) is 0 Å². The van der Waals surface area contributed by atoms with Gasteiger partial charge in [0.05, 0.1) is 0 Å². The van der Waals surface area contributed by atoms with E-state index in [4.69, 9.17) is 4.74 Å². The second kappa shape index (κ2) is 7.50. The van der Waals surface area contributed by atoms with E-state index in [9.17, 15) is 9.59 Å². The lowest BCUT2D eigenvalue weighted by atomic mass is 9.99. The van der Waals surface area contributed by atoms with Gasteiger partial charge in [-0.15, -0.1) is 0 Å². The fraction of sp³-hybridized carbons (Fsp3) is 0.800. The van der Waals surface area contributed by atoms with Gasteiger partial charge >= 0.3 is 6.09 Å². The standard InChI is InChI=1S/C15H27N2O3/c1-12-7-10-17(11-8-12)13(18)6-5-9-16-14(19)20-15(2,3)4/h12H,1,5-11H2,2-4H3,(H,16,19). The van der Waals surface area contributed by atoms with E-state index in [1.807, 2.05) is 25.7 Å². The molecule has 1 aliphatic heterocycles. The normalized spacial score (nSPS) is 16.9. The number of amides is 2. The highest BCUT2D eigenvalue weighted by molar-refractivity contribution is 5.76. The molecular formula is C15H27N2O3. The first kappa shape index (κ1) is 16.8. The molecule has 2 amide bonds. The number of nitrogens with one attached hydrogen (secondary N) is 1. The van der Waals surface area contributed by atoms with Gasteiger partial charge in [0.25, 0.3) is 0 Å². The SMILES string of the molecule is [CH2]C1CCN(C(=O)CCCNC(=O)OC(C)(C)C)CC1. The molecule has 1 heterocycles. The van der Waals surface area contributed by atoms with Gasteiger partial charge < -0.3 is 15.0 Å². The van der Waals surface area contributed by atoms with Gasteiger partial charge in [-0.2, -0.15) is 0 Å². The number of likely N-dealkylation sites (tertiary alicyclic amines) is 1. The van der Waals surface area contributed by atoms with E-state index < -0.39 is 11.7 Å². The molecule has 1 saturated heterocycles. The molecule has 0 spiro atoms. The first-order chi connectivity index (χ1) is 9.28. The van der Waals surface area contributed by atoms with Gasteiger partial charge in [-0.25, -0.2) is 4.79 Å². The van der Waals surface area contributed by atoms with E-state index in [-0.39, 0.29) is 5.91 Å². The Morgan fingerprint density at radius 2 is 1.90 bits per heavy atom. The molecule has 0 aliphatic carbocycles. The van der Waals surface area contributed by atoms with Gasteiger partial charge in [0.2, 0.25) is 5.91 Å². The Balaban J connectivity index is 2.12. The minimum absolute atomic E-state index is 0.169. The molecule has 1 fully saturated rings. The molecular weight excluding hydrogens is 256 g/mol. The first-order valence-electron chi connectivity index (χ1n) is 7.35. The van der Waals surface area contributed by atoms with Crippen molar-refractivity contribution >= 4 is 12.0 Å². The third-order valence-electron chi connectivity index (χ3n) is 3.20. The van der Waals surface area contributed by atoms with Gasteiger partial charge in [0, 0.05) is 26.1 Å². The van der Waals surface area contributed by atoms with Gasteiger partial charge in [-0.3, -0.25) is 4.79 Å². The quantitative estimate of drug-likeness (QED) is 0.806. The molecule has 0 bridgehead atoms. The summed E-state index contributed by atoms with van der Waals surface area (Å²) in [5.74, 6) is 0.649. The van der Waals surface area contributed by atoms with Crippen LogP contribution in [0.3, 0.4) is 0 Å². The zero-order valence-corrected chi connectivity index (χ0v) is 12.9. The Labute approximate surface area is 122 Å². The van der Waals surface area contributed by atoms with Crippen LogP contribution >= 0.6 is 0 Å². The molecule has 0 aromatic rings. The van der Waals surface area contributed by atoms with E-state index >= 15 is 0 Å². The molecule has 1 N–H and O–H groups in total. The number of carbonyl (C=O) groups is 2. The van der Waals surface area contributed by atoms with Crippen molar-refractivity contribution in [3.8, 4) is 0 Å². The van der Waals surface area contributed by atoms with E-state index in [1.54, 1.807) is 0 Å². The van der Waals surface area contributed by atoms with Crippen molar-refractivity contribution in [2.75, 3.05) is 19.6 Å². The highest BCUT2D eigenvalue weighted by Gasteiger charge is 2.20. The predicted octanol–water partition coefficient (Wildman–Crippen LogP) is 2.36. The zero-order chi connectivity index (χ0) is 15.2. The summed E-state index contributed by atoms with van der Waals surface area (Å²) in [6, 6.07) is 0. The van der Waals surface area contributed by atoms with Crippen molar-refractivity contribution in [1.29, 1.82) is 0 Å². The fourth-order valence-corrected chi connectivity index (χ4v) is 2.08. The molecule has 0 aromatic carbocycles. The number of carbonyl (C=O) groups excluding carboxylic acids is 2. The Morgan fingerprint density at radius 1 is 1.30 bits per heavy atom. The Kier molecular flexibility index (Phi) is 6.30. The molecule has 5 heteroatoms. The van der Waals surface area contributed by atoms with Gasteiger partial charge in [0.1, 0.15) is 5.60 Å². The highest BCUT2D eigenvalue weighted by Crippen LogP contribution is 2.16. The summed E-state index contributed by atoms with van der Waals surface area (Å²) in [4.78, 5) is 25.2. The average Bonchev–Trinajstić information content (AvgIpc) is 2.33. The maximum Gasteiger partial charge on any atom is 0.407 e. The van der Waals surface area contributed by atoms with Gasteiger partial charge in [-0.1, -0.05) is 6.92 Å². The fourth-order valence-electron chi connectivity index (χ4n) is 2.08. The van der Waals surface area contributed by atoms with E-state index in [2.05, 4.69) is 12.2 Å². The van der Waals surface area contributed by atoms with E-state index in [0.29, 0.717) is 25.3 Å². The van der Waals surface area contributed by atoms with Crippen LogP contribution in [0.4, 0.5) is 4.79 Å². The minimum atomic E-state index is -0.488. The largest absolute Gasteiger partial charge is 0.444 e. The van der Waals surface area contributed by atoms with Crippen LogP contribution in [0.15, 0.2) is 0 Å². The number of alkyl carbamates (subject to hydrolysis) is 1. The summed E-state index contributed by atoms with van der Waals surface area (Å²) in [6.07, 6.45) is 2.66. The van der Waals surface area contributed by atoms with Crippen LogP contribution in [0.5, 0.6) is 0 Å². The van der Waals surface area contributed by atoms with Crippen molar-refractivity contribution < 1.29 is 14.3 Å². The lowest BCUT2D eigenvalue weighted by molar-refractivity contribution is -0.132. The van der Waals surface area contributed by atoms with Crippen LogP contribution in [-0.2, 0) is 9.53 Å². The molecule has 0 unspecified atom stereocenters. The first-order valence-corrected chi connectivity index (χ1v) is 7.35. The van der Waals surface area contributed by atoms with Crippen molar-refractivity contribution in [2.24, 2.45) is 5.92 Å². The average molecular weight is 283 g/mol. The van der Waals surface area contributed by atoms with Crippen LogP contribution in [0, 0.1) is 12.8 Å². The monoisotopic (exact) mass is 283 g/mol. The second-order valence-electron chi connectivity index (χ2n) is 6.36. The smallest absolute Gasteiger partial charge is 0.407 e. The number of rotatable bonds is 4. The molecule has 0 aromatic heterocycles. The van der Waals surface area contributed by atoms with Crippen molar-refractivity contribution in [2.45, 2.75) is 52.1 Å². The third-order valence-corrected chi connectivity index (χ3v) is 3.20. The number of nitrogens with zero attached hydrogens (tertiary/aromatic N) is 1. The van der Waals surface area contributed by atoms with Crippen molar-refractivity contribution in [1.82, 2.24) is 10.2 Å². The highest BCUT2D eigenvalue weighted by atomic mass is 16.6. The molecule has 115 valence electrons. The summed E-state index contributed by atoms with van der Waals surface area (Å²) >= 11 is 0. The minimum Gasteiger partial charge on any atom is -0.444 e. The maximum atomic E-state index is 11.9. The topological polar surface area (TPSA) is 58.6 Å². The molecule has 1 aliphatic rings. The molecule has 20 heavy (non-hydrogen) atoms. The second-order valence-corrected chi connectivity index (χ2v) is 6.36. The van der Waals surface area contributed by atoms with Gasteiger partial charge in [0.15, 0.2) is 0 Å². The molecule has 5 nitrogen and oxygen atoms in total. The van der Waals surface area contributed by atoms with Crippen molar-refractivity contribution in [3.63, 3.8) is 0 Å². The number of hydrogen-bond donors (Lipinski definition) is 1. The zero-order valence-electron chi connectivity index (χ0n) is 12.9. The number of ether oxygens (including phenoxy) is 1. The van der Waals surface area contributed by atoms with Crippen molar-refractivity contribution in [3.05, 3.63) is 6.92 Å². The van der Waals surface area contributed by atoms with Gasteiger partial charge in [-0.05, 0) is 46.0 Å². The number of piperidine rings is 1.